The fourth-order valence-electron chi connectivity index (χ4n) is 10.7. The van der Waals surface area contributed by atoms with E-state index in [1.54, 1.807) is 0 Å². The Labute approximate surface area is 298 Å². The molecule has 0 radical (unpaired) electrons. The van der Waals surface area contributed by atoms with E-state index in [1.807, 2.05) is 4.90 Å². The van der Waals surface area contributed by atoms with Gasteiger partial charge in [-0.15, -0.1) is 0 Å². The van der Waals surface area contributed by atoms with Gasteiger partial charge in [0.25, 0.3) is 0 Å². The van der Waals surface area contributed by atoms with E-state index in [0.717, 1.165) is 51.6 Å². The van der Waals surface area contributed by atoms with E-state index < -0.39 is 0 Å². The van der Waals surface area contributed by atoms with Crippen LogP contribution in [0.3, 0.4) is 0 Å². The number of hydrogen-bond donors (Lipinski definition) is 2. The van der Waals surface area contributed by atoms with Gasteiger partial charge in [-0.05, 0) is 64.2 Å². The van der Waals surface area contributed by atoms with Crippen molar-refractivity contribution in [1.29, 1.82) is 0 Å². The summed E-state index contributed by atoms with van der Waals surface area (Å²) in [6.07, 6.45) is 8.88. The molecule has 6 aliphatic rings. The molecule has 5 unspecified atom stereocenters. The number of aliphatic hydroxyl groups excluding tert-OH is 2. The predicted octanol–water partition coefficient (Wildman–Crippen LogP) is 6.63. The Morgan fingerprint density at radius 1 is 0.920 bits per heavy atom. The van der Waals surface area contributed by atoms with Crippen molar-refractivity contribution in [2.45, 2.75) is 103 Å². The van der Waals surface area contributed by atoms with E-state index in [0.29, 0.717) is 19.5 Å². The number of likely N-dealkylation sites (tertiary alicyclic amines) is 1. The summed E-state index contributed by atoms with van der Waals surface area (Å²) in [7, 11) is 0. The van der Waals surface area contributed by atoms with Gasteiger partial charge in [0.05, 0.1) is 16.9 Å². The van der Waals surface area contributed by atoms with Gasteiger partial charge in [-0.3, -0.25) is 4.79 Å². The number of rotatable bonds is 8. The number of amides is 1. The standard InChI is InChI=1S/C43H56N3O4/c1-41(2)27-46-34-15-10-8-13-32(34)42(3,4)38(46)31-22-30-36(50-40(31)41)18-20-45-35-16-11-9-14-33(35)43(5,39(30)45)19-12-6-7-17-37(49)44-23-28(25-47)21-29(24-44)26-48/h8-11,13-16,22,28-29,36,40,47-48H,6-7,12,17-21,23-27H2,1-5H3/q+1. The lowest BCUT2D eigenvalue weighted by atomic mass is 9.68. The Hall–Kier alpha value is -3.26. The van der Waals surface area contributed by atoms with Gasteiger partial charge in [0.1, 0.15) is 6.10 Å². The number of allylic oxidation sites excluding steroid dienone is 1. The van der Waals surface area contributed by atoms with Gasteiger partial charge in [0.2, 0.25) is 11.6 Å². The zero-order valence-electron chi connectivity index (χ0n) is 30.8. The molecule has 1 saturated heterocycles. The van der Waals surface area contributed by atoms with Gasteiger partial charge in [-0.2, -0.15) is 4.58 Å². The third kappa shape index (κ3) is 5.25. The number of carbonyl (C=O) groups excluding carboxylic acids is 1. The van der Waals surface area contributed by atoms with E-state index >= 15 is 0 Å². The predicted molar refractivity (Wildman–Crippen MR) is 198 cm³/mol. The summed E-state index contributed by atoms with van der Waals surface area (Å²) < 4.78 is 9.89. The van der Waals surface area contributed by atoms with Crippen LogP contribution in [0.4, 0.5) is 11.4 Å². The highest BCUT2D eigenvalue weighted by atomic mass is 16.5. The van der Waals surface area contributed by atoms with Gasteiger partial charge in [0, 0.05) is 90.7 Å². The van der Waals surface area contributed by atoms with E-state index in [9.17, 15) is 15.0 Å². The first-order valence-electron chi connectivity index (χ1n) is 19.2. The summed E-state index contributed by atoms with van der Waals surface area (Å²) in [5, 5.41) is 19.5. The SMILES string of the molecule is CC1(C)C2=[N+](CC(C)(C)C3OC4CCN5C(=C4C=C23)C(C)(CCCCCC(=O)N2CC(CO)CC(CO)C2)c2ccccc25)c2ccccc21. The number of fused-ring (bicyclic) bond motifs is 8. The molecule has 50 heavy (non-hydrogen) atoms. The van der Waals surface area contributed by atoms with Crippen LogP contribution in [0.5, 0.6) is 0 Å². The zero-order chi connectivity index (χ0) is 35.0. The Morgan fingerprint density at radius 3 is 2.36 bits per heavy atom. The Kier molecular flexibility index (Phi) is 8.43. The topological polar surface area (TPSA) is 76.2 Å². The number of nitrogens with zero attached hydrogens (tertiary/aromatic N) is 3. The molecule has 0 aromatic heterocycles. The molecule has 6 heterocycles. The van der Waals surface area contributed by atoms with Crippen LogP contribution in [0.1, 0.15) is 90.7 Å². The maximum atomic E-state index is 13.2. The lowest BCUT2D eigenvalue weighted by molar-refractivity contribution is -0.466. The van der Waals surface area contributed by atoms with Crippen LogP contribution < -0.4 is 4.90 Å². The molecule has 6 aliphatic heterocycles. The van der Waals surface area contributed by atoms with Gasteiger partial charge in [0.15, 0.2) is 12.3 Å². The van der Waals surface area contributed by atoms with Crippen molar-refractivity contribution in [2.75, 3.05) is 44.3 Å². The van der Waals surface area contributed by atoms with Crippen LogP contribution in [-0.4, -0.2) is 82.9 Å². The summed E-state index contributed by atoms with van der Waals surface area (Å²) in [6.45, 7) is 15.2. The summed E-state index contributed by atoms with van der Waals surface area (Å²) >= 11 is 0. The molecular formula is C43H56N3O4+. The molecule has 0 aliphatic carbocycles. The Balaban J connectivity index is 1.09. The van der Waals surface area contributed by atoms with Gasteiger partial charge in [-0.25, -0.2) is 0 Å². The van der Waals surface area contributed by atoms with E-state index in [2.05, 4.69) is 98.7 Å². The minimum Gasteiger partial charge on any atom is -0.396 e. The van der Waals surface area contributed by atoms with Crippen molar-refractivity contribution in [3.05, 3.63) is 82.6 Å². The summed E-state index contributed by atoms with van der Waals surface area (Å²) in [6, 6.07) is 18.0. The monoisotopic (exact) mass is 678 g/mol. The average Bonchev–Trinajstić information content (AvgIpc) is 3.51. The maximum absolute atomic E-state index is 13.2. The number of carbonyl (C=O) groups is 1. The molecule has 1 fully saturated rings. The second-order valence-corrected chi connectivity index (χ2v) is 17.5. The quantitative estimate of drug-likeness (QED) is 0.242. The number of anilines is 1. The van der Waals surface area contributed by atoms with Crippen LogP contribution in [0, 0.1) is 17.3 Å². The molecule has 2 aromatic carbocycles. The number of piperidine rings is 1. The van der Waals surface area contributed by atoms with Crippen LogP contribution in [0.2, 0.25) is 0 Å². The zero-order valence-corrected chi connectivity index (χ0v) is 30.8. The molecule has 0 spiro atoms. The van der Waals surface area contributed by atoms with E-state index in [1.165, 1.54) is 45.1 Å². The molecule has 0 bridgehead atoms. The summed E-state index contributed by atoms with van der Waals surface area (Å²) in [5.74, 6) is 0.285. The summed E-state index contributed by atoms with van der Waals surface area (Å²) in [5.41, 5.74) is 10.7. The lowest BCUT2D eigenvalue weighted by Gasteiger charge is -2.47. The highest BCUT2D eigenvalue weighted by Gasteiger charge is 2.59. The number of hydrogen-bond acceptors (Lipinski definition) is 5. The third-order valence-electron chi connectivity index (χ3n) is 13.1. The van der Waals surface area contributed by atoms with E-state index in [4.69, 9.17) is 4.74 Å². The molecule has 0 saturated carbocycles. The highest BCUT2D eigenvalue weighted by Crippen LogP contribution is 2.57. The molecule has 7 heteroatoms. The molecule has 7 nitrogen and oxygen atoms in total. The largest absolute Gasteiger partial charge is 0.396 e. The third-order valence-corrected chi connectivity index (χ3v) is 13.1. The van der Waals surface area contributed by atoms with Crippen molar-refractivity contribution >= 4 is 23.0 Å². The molecular weight excluding hydrogens is 622 g/mol. The second kappa shape index (κ2) is 12.5. The molecule has 266 valence electrons. The smallest absolute Gasteiger partial charge is 0.222 e. The normalized spacial score (nSPS) is 30.3. The number of benzene rings is 2. The van der Waals surface area contributed by atoms with Gasteiger partial charge in [-0.1, -0.05) is 63.1 Å². The number of ether oxygens (including phenoxy) is 1. The fourth-order valence-corrected chi connectivity index (χ4v) is 10.7. The second-order valence-electron chi connectivity index (χ2n) is 17.5. The Bertz CT molecular complexity index is 1780. The summed E-state index contributed by atoms with van der Waals surface area (Å²) in [4.78, 5) is 17.7. The van der Waals surface area contributed by atoms with Crippen LogP contribution in [0.15, 0.2) is 71.5 Å². The van der Waals surface area contributed by atoms with Gasteiger partial charge < -0.3 is 24.7 Å². The maximum Gasteiger partial charge on any atom is 0.222 e. The first kappa shape index (κ1) is 33.9. The van der Waals surface area contributed by atoms with Gasteiger partial charge >= 0.3 is 0 Å². The van der Waals surface area contributed by atoms with E-state index in [-0.39, 0.29) is 59.4 Å². The minimum absolute atomic E-state index is 0.0399. The lowest BCUT2D eigenvalue weighted by Crippen LogP contribution is -2.54. The number of aliphatic hydroxyl groups is 2. The van der Waals surface area contributed by atoms with Crippen LogP contribution >= 0.6 is 0 Å². The number of unbranched alkanes of at least 4 members (excludes halogenated alkanes) is 2. The Morgan fingerprint density at radius 2 is 1.62 bits per heavy atom. The highest BCUT2D eigenvalue weighted by molar-refractivity contribution is 6.09. The molecule has 2 N–H and O–H groups in total. The van der Waals surface area contributed by atoms with Crippen molar-refractivity contribution in [2.24, 2.45) is 17.3 Å². The average molecular weight is 679 g/mol. The molecule has 1 amide bonds. The number of para-hydroxylation sites is 2. The molecule has 8 rings (SSSR count). The van der Waals surface area contributed by atoms with Crippen LogP contribution in [-0.2, 0) is 20.4 Å². The van der Waals surface area contributed by atoms with Crippen molar-refractivity contribution in [3.63, 3.8) is 0 Å². The minimum atomic E-state index is -0.153. The fraction of sp³-hybridized carbons (Fsp3) is 0.581. The first-order chi connectivity index (χ1) is 24.0. The first-order valence-corrected chi connectivity index (χ1v) is 19.2. The van der Waals surface area contributed by atoms with Crippen molar-refractivity contribution < 1.29 is 24.3 Å². The van der Waals surface area contributed by atoms with Crippen molar-refractivity contribution in [3.8, 4) is 0 Å². The molecule has 2 aromatic rings. The van der Waals surface area contributed by atoms with Crippen molar-refractivity contribution in [1.82, 2.24) is 4.90 Å². The molecule has 5 atom stereocenters. The van der Waals surface area contributed by atoms with Crippen LogP contribution in [0.25, 0.3) is 0 Å².